The first-order chi connectivity index (χ1) is 8.02. The highest BCUT2D eigenvalue weighted by molar-refractivity contribution is 5.77. The highest BCUT2D eigenvalue weighted by Gasteiger charge is 2.27. The Morgan fingerprint density at radius 3 is 2.82 bits per heavy atom. The number of amides is 1. The molecule has 0 spiro atoms. The summed E-state index contributed by atoms with van der Waals surface area (Å²) in [5.41, 5.74) is 0. The van der Waals surface area contributed by atoms with Crippen molar-refractivity contribution in [2.45, 2.75) is 39.2 Å². The molecule has 17 heavy (non-hydrogen) atoms. The van der Waals surface area contributed by atoms with Crippen molar-refractivity contribution in [3.05, 3.63) is 0 Å². The second kappa shape index (κ2) is 6.59. The molecule has 0 bridgehead atoms. The first-order valence-electron chi connectivity index (χ1n) is 6.25. The lowest BCUT2D eigenvalue weighted by Gasteiger charge is -2.19. The van der Waals surface area contributed by atoms with Crippen LogP contribution in [0.3, 0.4) is 0 Å². The monoisotopic (exact) mass is 242 g/mol. The second-order valence-electron chi connectivity index (χ2n) is 4.76. The smallest absolute Gasteiger partial charge is 0.303 e. The molecule has 2 atom stereocenters. The molecule has 0 aromatic rings. The summed E-state index contributed by atoms with van der Waals surface area (Å²) >= 11 is 0. The molecule has 0 aromatic heterocycles. The number of nitrogens with one attached hydrogen (secondary N) is 1. The molecule has 5 heteroatoms. The van der Waals surface area contributed by atoms with Crippen LogP contribution in [-0.4, -0.2) is 47.6 Å². The Kier molecular flexibility index (Phi) is 5.41. The number of carbonyl (C=O) groups excluding carboxylic acids is 1. The summed E-state index contributed by atoms with van der Waals surface area (Å²) in [6.07, 6.45) is 1.48. The van der Waals surface area contributed by atoms with Crippen molar-refractivity contribution in [2.24, 2.45) is 5.92 Å². The SMILES string of the molecule is CCNC(C)CC(=O)N1CCC(CC(=O)O)C1. The van der Waals surface area contributed by atoms with E-state index in [1.807, 2.05) is 13.8 Å². The Balaban J connectivity index is 2.32. The minimum Gasteiger partial charge on any atom is -0.481 e. The van der Waals surface area contributed by atoms with Crippen molar-refractivity contribution in [3.8, 4) is 0 Å². The molecule has 0 saturated carbocycles. The number of carbonyl (C=O) groups is 2. The van der Waals surface area contributed by atoms with Gasteiger partial charge < -0.3 is 15.3 Å². The van der Waals surface area contributed by atoms with E-state index < -0.39 is 5.97 Å². The van der Waals surface area contributed by atoms with Crippen LogP contribution < -0.4 is 5.32 Å². The van der Waals surface area contributed by atoms with E-state index in [2.05, 4.69) is 5.32 Å². The van der Waals surface area contributed by atoms with Crippen LogP contribution in [0.5, 0.6) is 0 Å². The van der Waals surface area contributed by atoms with Gasteiger partial charge >= 0.3 is 5.97 Å². The van der Waals surface area contributed by atoms with Gasteiger partial charge in [-0.15, -0.1) is 0 Å². The summed E-state index contributed by atoms with van der Waals surface area (Å²) in [6, 6.07) is 0.186. The van der Waals surface area contributed by atoms with Crippen LogP contribution >= 0.6 is 0 Å². The van der Waals surface area contributed by atoms with Gasteiger partial charge in [0.05, 0.1) is 0 Å². The lowest BCUT2D eigenvalue weighted by Crippen LogP contribution is -2.35. The van der Waals surface area contributed by atoms with Crippen LogP contribution in [0.2, 0.25) is 0 Å². The summed E-state index contributed by atoms with van der Waals surface area (Å²) in [5, 5.41) is 11.9. The third-order valence-corrected chi connectivity index (χ3v) is 3.14. The fourth-order valence-corrected chi connectivity index (χ4v) is 2.28. The van der Waals surface area contributed by atoms with Crippen LogP contribution in [0.15, 0.2) is 0 Å². The van der Waals surface area contributed by atoms with E-state index in [0.29, 0.717) is 19.5 Å². The molecule has 1 fully saturated rings. The molecule has 1 rings (SSSR count). The average molecular weight is 242 g/mol. The summed E-state index contributed by atoms with van der Waals surface area (Å²) in [5.74, 6) is -0.512. The van der Waals surface area contributed by atoms with E-state index in [4.69, 9.17) is 5.11 Å². The van der Waals surface area contributed by atoms with E-state index in [1.54, 1.807) is 4.90 Å². The van der Waals surface area contributed by atoms with Crippen LogP contribution in [0.4, 0.5) is 0 Å². The topological polar surface area (TPSA) is 69.6 Å². The molecular formula is C12H22N2O3. The van der Waals surface area contributed by atoms with Crippen molar-refractivity contribution in [1.82, 2.24) is 10.2 Å². The van der Waals surface area contributed by atoms with Gasteiger partial charge in [0.2, 0.25) is 5.91 Å². The molecule has 5 nitrogen and oxygen atoms in total. The maximum atomic E-state index is 11.9. The predicted molar refractivity (Wildman–Crippen MR) is 64.7 cm³/mol. The van der Waals surface area contributed by atoms with Gasteiger partial charge in [-0.2, -0.15) is 0 Å². The Bertz CT molecular complexity index is 281. The highest BCUT2D eigenvalue weighted by atomic mass is 16.4. The minimum atomic E-state index is -0.773. The van der Waals surface area contributed by atoms with E-state index in [9.17, 15) is 9.59 Å². The van der Waals surface area contributed by atoms with Crippen LogP contribution in [0, 0.1) is 5.92 Å². The van der Waals surface area contributed by atoms with Crippen LogP contribution in [-0.2, 0) is 9.59 Å². The third kappa shape index (κ3) is 4.73. The number of carboxylic acids is 1. The molecule has 1 aliphatic heterocycles. The normalized spacial score (nSPS) is 21.5. The average Bonchev–Trinajstić information content (AvgIpc) is 2.65. The number of rotatable bonds is 6. The summed E-state index contributed by atoms with van der Waals surface area (Å²) in [4.78, 5) is 24.3. The van der Waals surface area contributed by atoms with Crippen molar-refractivity contribution in [3.63, 3.8) is 0 Å². The summed E-state index contributed by atoms with van der Waals surface area (Å²) in [7, 11) is 0. The number of hydrogen-bond donors (Lipinski definition) is 2. The van der Waals surface area contributed by atoms with Gasteiger partial charge in [0.15, 0.2) is 0 Å². The molecule has 0 aromatic carbocycles. The molecule has 1 aliphatic rings. The van der Waals surface area contributed by atoms with Gasteiger partial charge in [-0.1, -0.05) is 6.92 Å². The quantitative estimate of drug-likeness (QED) is 0.719. The van der Waals surface area contributed by atoms with Gasteiger partial charge in [0, 0.05) is 32.0 Å². The van der Waals surface area contributed by atoms with Crippen LogP contribution in [0.1, 0.15) is 33.1 Å². The van der Waals surface area contributed by atoms with Gasteiger partial charge in [0.25, 0.3) is 0 Å². The van der Waals surface area contributed by atoms with Crippen LogP contribution in [0.25, 0.3) is 0 Å². The van der Waals surface area contributed by atoms with E-state index >= 15 is 0 Å². The molecule has 2 unspecified atom stereocenters. The van der Waals surface area contributed by atoms with Gasteiger partial charge in [-0.3, -0.25) is 9.59 Å². The fraction of sp³-hybridized carbons (Fsp3) is 0.833. The maximum absolute atomic E-state index is 11.9. The zero-order valence-corrected chi connectivity index (χ0v) is 10.6. The molecule has 98 valence electrons. The maximum Gasteiger partial charge on any atom is 0.303 e. The predicted octanol–water partition coefficient (Wildman–Crippen LogP) is 0.698. The first kappa shape index (κ1) is 14.0. The van der Waals surface area contributed by atoms with E-state index in [-0.39, 0.29) is 24.3 Å². The lowest BCUT2D eigenvalue weighted by atomic mass is 10.1. The van der Waals surface area contributed by atoms with Gasteiger partial charge in [0.1, 0.15) is 0 Å². The van der Waals surface area contributed by atoms with Gasteiger partial charge in [-0.05, 0) is 25.8 Å². The molecule has 1 heterocycles. The number of nitrogens with zero attached hydrogens (tertiary/aromatic N) is 1. The van der Waals surface area contributed by atoms with Crippen molar-refractivity contribution in [1.29, 1.82) is 0 Å². The number of carboxylic acid groups (broad SMARTS) is 1. The number of hydrogen-bond acceptors (Lipinski definition) is 3. The Morgan fingerprint density at radius 1 is 1.53 bits per heavy atom. The van der Waals surface area contributed by atoms with E-state index in [1.165, 1.54) is 0 Å². The Hall–Kier alpha value is -1.10. The third-order valence-electron chi connectivity index (χ3n) is 3.14. The second-order valence-corrected chi connectivity index (χ2v) is 4.76. The standard InChI is InChI=1S/C12H22N2O3/c1-3-13-9(2)6-11(15)14-5-4-10(8-14)7-12(16)17/h9-10,13H,3-8H2,1-2H3,(H,16,17). The van der Waals surface area contributed by atoms with Gasteiger partial charge in [-0.25, -0.2) is 0 Å². The summed E-state index contributed by atoms with van der Waals surface area (Å²) < 4.78 is 0. The highest BCUT2D eigenvalue weighted by Crippen LogP contribution is 2.20. The van der Waals surface area contributed by atoms with Crippen molar-refractivity contribution in [2.75, 3.05) is 19.6 Å². The Labute approximate surface area is 102 Å². The number of aliphatic carboxylic acids is 1. The molecule has 1 amide bonds. The minimum absolute atomic E-state index is 0.130. The van der Waals surface area contributed by atoms with E-state index in [0.717, 1.165) is 13.0 Å². The zero-order chi connectivity index (χ0) is 12.8. The number of likely N-dealkylation sites (tertiary alicyclic amines) is 1. The Morgan fingerprint density at radius 2 is 2.24 bits per heavy atom. The molecule has 0 aliphatic carbocycles. The lowest BCUT2D eigenvalue weighted by molar-refractivity contribution is -0.138. The zero-order valence-electron chi connectivity index (χ0n) is 10.6. The fourth-order valence-electron chi connectivity index (χ4n) is 2.28. The molecular weight excluding hydrogens is 220 g/mol. The largest absolute Gasteiger partial charge is 0.481 e. The molecule has 2 N–H and O–H groups in total. The molecule has 1 saturated heterocycles. The van der Waals surface area contributed by atoms with Crippen molar-refractivity contribution >= 4 is 11.9 Å². The first-order valence-corrected chi connectivity index (χ1v) is 6.25. The summed E-state index contributed by atoms with van der Waals surface area (Å²) in [6.45, 7) is 6.17. The molecule has 0 radical (unpaired) electrons. The van der Waals surface area contributed by atoms with Crippen molar-refractivity contribution < 1.29 is 14.7 Å².